The van der Waals surface area contributed by atoms with Crippen molar-refractivity contribution in [3.8, 4) is 0 Å². The molecule has 0 spiro atoms. The maximum absolute atomic E-state index is 13.1. The number of carbonyl (C=O) groups excluding carboxylic acids is 3. The van der Waals surface area contributed by atoms with Crippen molar-refractivity contribution < 1.29 is 31.9 Å². The Kier molecular flexibility index (Phi) is 5.68. The molecule has 7 nitrogen and oxygen atoms in total. The summed E-state index contributed by atoms with van der Waals surface area (Å²) >= 11 is 0. The van der Waals surface area contributed by atoms with E-state index in [-0.39, 0.29) is 31.7 Å². The lowest BCUT2D eigenvalue weighted by atomic mass is 10.1. The van der Waals surface area contributed by atoms with Crippen LogP contribution in [0.5, 0.6) is 0 Å². The first-order chi connectivity index (χ1) is 12.1. The molecule has 0 saturated carbocycles. The molecule has 26 heavy (non-hydrogen) atoms. The van der Waals surface area contributed by atoms with E-state index in [1.165, 1.54) is 4.90 Å². The number of benzene rings is 1. The number of nitrogens with zero attached hydrogens (tertiary/aromatic N) is 2. The van der Waals surface area contributed by atoms with Gasteiger partial charge in [-0.15, -0.1) is 0 Å². The topological polar surface area (TPSA) is 95.7 Å². The Morgan fingerprint density at radius 1 is 1.23 bits per heavy atom. The number of carbonyl (C=O) groups is 3. The Morgan fingerprint density at radius 2 is 1.92 bits per heavy atom. The van der Waals surface area contributed by atoms with Gasteiger partial charge in [0.05, 0.1) is 12.1 Å². The van der Waals surface area contributed by atoms with Crippen LogP contribution < -0.4 is 11.1 Å². The molecule has 1 saturated heterocycles. The number of rotatable bonds is 4. The number of primary amides is 1. The second kappa shape index (κ2) is 7.58. The van der Waals surface area contributed by atoms with E-state index in [4.69, 9.17) is 5.73 Å². The molecular weight excluding hydrogens is 360 g/mol. The van der Waals surface area contributed by atoms with Gasteiger partial charge in [-0.1, -0.05) is 6.07 Å². The predicted octanol–water partition coefficient (Wildman–Crippen LogP) is 0.684. The SMILES string of the molecule is NC(=O)CN1CCN(C(=O)NCc2ccc(F)cc2C(F)(F)F)CC1=O. The summed E-state index contributed by atoms with van der Waals surface area (Å²) in [5.74, 6) is -2.22. The molecule has 1 aromatic rings. The molecule has 3 N–H and O–H groups in total. The highest BCUT2D eigenvalue weighted by Crippen LogP contribution is 2.32. The molecule has 4 amide bonds. The molecular formula is C15H16F4N4O3. The van der Waals surface area contributed by atoms with Crippen LogP contribution in [0.4, 0.5) is 22.4 Å². The van der Waals surface area contributed by atoms with Gasteiger partial charge in [-0.2, -0.15) is 13.2 Å². The molecule has 1 aliphatic rings. The molecule has 0 radical (unpaired) electrons. The van der Waals surface area contributed by atoms with Crippen molar-refractivity contribution in [3.63, 3.8) is 0 Å². The Balaban J connectivity index is 1.98. The summed E-state index contributed by atoms with van der Waals surface area (Å²) in [6.45, 7) is -0.892. The van der Waals surface area contributed by atoms with Crippen LogP contribution in [-0.4, -0.2) is 53.8 Å². The Bertz CT molecular complexity index is 723. The van der Waals surface area contributed by atoms with E-state index in [0.29, 0.717) is 6.07 Å². The maximum atomic E-state index is 13.1. The van der Waals surface area contributed by atoms with Crippen LogP contribution in [0.25, 0.3) is 0 Å². The number of urea groups is 1. The third-order valence-electron chi connectivity index (χ3n) is 3.76. The first-order valence-electron chi connectivity index (χ1n) is 7.52. The van der Waals surface area contributed by atoms with Crippen molar-refractivity contribution in [3.05, 3.63) is 35.1 Å². The molecule has 1 aliphatic heterocycles. The van der Waals surface area contributed by atoms with Gasteiger partial charge in [-0.3, -0.25) is 9.59 Å². The summed E-state index contributed by atoms with van der Waals surface area (Å²) < 4.78 is 51.9. The van der Waals surface area contributed by atoms with Gasteiger partial charge in [0.25, 0.3) is 0 Å². The van der Waals surface area contributed by atoms with E-state index in [2.05, 4.69) is 5.32 Å². The Labute approximate surface area is 145 Å². The fourth-order valence-electron chi connectivity index (χ4n) is 2.49. The molecule has 2 rings (SSSR count). The lowest BCUT2D eigenvalue weighted by molar-refractivity contribution is -0.138. The molecule has 1 fully saturated rings. The normalized spacial score (nSPS) is 15.2. The van der Waals surface area contributed by atoms with Gasteiger partial charge in [0.15, 0.2) is 0 Å². The minimum Gasteiger partial charge on any atom is -0.368 e. The zero-order valence-electron chi connectivity index (χ0n) is 13.5. The van der Waals surface area contributed by atoms with E-state index >= 15 is 0 Å². The number of nitrogens with one attached hydrogen (secondary N) is 1. The van der Waals surface area contributed by atoms with Crippen LogP contribution in [0.3, 0.4) is 0 Å². The summed E-state index contributed by atoms with van der Waals surface area (Å²) in [6, 6.07) is 1.42. The monoisotopic (exact) mass is 376 g/mol. The second-order valence-corrected chi connectivity index (χ2v) is 5.66. The first-order valence-corrected chi connectivity index (χ1v) is 7.52. The molecule has 142 valence electrons. The van der Waals surface area contributed by atoms with Crippen molar-refractivity contribution in [1.29, 1.82) is 0 Å². The highest BCUT2D eigenvalue weighted by Gasteiger charge is 2.34. The van der Waals surface area contributed by atoms with E-state index in [9.17, 15) is 31.9 Å². The quantitative estimate of drug-likeness (QED) is 0.757. The molecule has 0 aliphatic carbocycles. The molecule has 0 bridgehead atoms. The Morgan fingerprint density at radius 3 is 2.50 bits per heavy atom. The molecule has 0 atom stereocenters. The Hall–Kier alpha value is -2.85. The maximum Gasteiger partial charge on any atom is 0.416 e. The lowest BCUT2D eigenvalue weighted by Gasteiger charge is -2.33. The largest absolute Gasteiger partial charge is 0.416 e. The van der Waals surface area contributed by atoms with Crippen molar-refractivity contribution in [2.45, 2.75) is 12.7 Å². The molecule has 0 unspecified atom stereocenters. The van der Waals surface area contributed by atoms with Crippen LogP contribution in [0.1, 0.15) is 11.1 Å². The van der Waals surface area contributed by atoms with E-state index in [0.717, 1.165) is 17.0 Å². The predicted molar refractivity (Wildman–Crippen MR) is 81.0 cm³/mol. The zero-order valence-corrected chi connectivity index (χ0v) is 13.5. The minimum absolute atomic E-state index is 0.0829. The number of halogens is 4. The molecule has 11 heteroatoms. The van der Waals surface area contributed by atoms with Crippen molar-refractivity contribution in [2.24, 2.45) is 5.73 Å². The minimum atomic E-state index is -4.77. The highest BCUT2D eigenvalue weighted by atomic mass is 19.4. The van der Waals surface area contributed by atoms with E-state index < -0.39 is 41.9 Å². The van der Waals surface area contributed by atoms with Crippen LogP contribution in [0.2, 0.25) is 0 Å². The third-order valence-corrected chi connectivity index (χ3v) is 3.76. The molecule has 0 aromatic heterocycles. The smallest absolute Gasteiger partial charge is 0.368 e. The van der Waals surface area contributed by atoms with Crippen LogP contribution in [0, 0.1) is 5.82 Å². The van der Waals surface area contributed by atoms with Gasteiger partial charge >= 0.3 is 12.2 Å². The van der Waals surface area contributed by atoms with Gasteiger partial charge in [0.2, 0.25) is 11.8 Å². The number of alkyl halides is 3. The van der Waals surface area contributed by atoms with Gasteiger partial charge in [-0.05, 0) is 17.7 Å². The number of nitrogens with two attached hydrogens (primary N) is 1. The molecule has 1 heterocycles. The number of piperazine rings is 1. The van der Waals surface area contributed by atoms with Gasteiger partial charge in [0.1, 0.15) is 12.4 Å². The van der Waals surface area contributed by atoms with Gasteiger partial charge in [-0.25, -0.2) is 9.18 Å². The standard InChI is InChI=1S/C15H16F4N4O3/c16-10-2-1-9(11(5-10)15(17,18)19)6-21-14(26)23-4-3-22(7-12(20)24)13(25)8-23/h1-2,5H,3-4,6-8H2,(H2,20,24)(H,21,26). The zero-order chi connectivity index (χ0) is 19.5. The van der Waals surface area contributed by atoms with E-state index in [1.54, 1.807) is 0 Å². The molecule has 1 aromatic carbocycles. The van der Waals surface area contributed by atoms with Crippen molar-refractivity contribution in [1.82, 2.24) is 15.1 Å². The van der Waals surface area contributed by atoms with Crippen molar-refractivity contribution >= 4 is 17.8 Å². The third kappa shape index (κ3) is 4.83. The van der Waals surface area contributed by atoms with Gasteiger partial charge in [0, 0.05) is 19.6 Å². The fourth-order valence-corrected chi connectivity index (χ4v) is 2.49. The van der Waals surface area contributed by atoms with Crippen LogP contribution >= 0.6 is 0 Å². The summed E-state index contributed by atoms with van der Waals surface area (Å²) in [5.41, 5.74) is 3.53. The average Bonchev–Trinajstić information content (AvgIpc) is 2.54. The van der Waals surface area contributed by atoms with E-state index in [1.807, 2.05) is 0 Å². The first kappa shape index (κ1) is 19.5. The van der Waals surface area contributed by atoms with Crippen molar-refractivity contribution in [2.75, 3.05) is 26.2 Å². The average molecular weight is 376 g/mol. The van der Waals surface area contributed by atoms with Crippen LogP contribution in [0.15, 0.2) is 18.2 Å². The highest BCUT2D eigenvalue weighted by molar-refractivity contribution is 5.88. The summed E-state index contributed by atoms with van der Waals surface area (Å²) in [4.78, 5) is 37.1. The number of hydrogen-bond acceptors (Lipinski definition) is 3. The number of amides is 4. The second-order valence-electron chi connectivity index (χ2n) is 5.66. The summed E-state index contributed by atoms with van der Waals surface area (Å²) in [5, 5.41) is 2.28. The lowest BCUT2D eigenvalue weighted by Crippen LogP contribution is -2.55. The summed E-state index contributed by atoms with van der Waals surface area (Å²) in [7, 11) is 0. The summed E-state index contributed by atoms with van der Waals surface area (Å²) in [6.07, 6.45) is -4.77. The number of hydrogen-bond donors (Lipinski definition) is 2. The fraction of sp³-hybridized carbons (Fsp3) is 0.400. The van der Waals surface area contributed by atoms with Crippen LogP contribution in [-0.2, 0) is 22.3 Å². The van der Waals surface area contributed by atoms with Gasteiger partial charge < -0.3 is 20.9 Å².